The molecule has 0 aliphatic rings. The van der Waals surface area contributed by atoms with Crippen LogP contribution in [-0.4, -0.2) is 9.97 Å². The fraction of sp³-hybridized carbons (Fsp3) is 0.200. The number of rotatable bonds is 1. The standard InChI is InChI=1S/C15H13ClN2O/c1-8-5-4-6-11-7-12(19-14(8)11)13-9(2)15(16)18-10(3)17-13/h4-7H,1-3H3. The van der Waals surface area contributed by atoms with Crippen LogP contribution in [0.5, 0.6) is 0 Å². The zero-order chi connectivity index (χ0) is 13.6. The van der Waals surface area contributed by atoms with Crippen LogP contribution in [0.25, 0.3) is 22.4 Å². The first-order valence-corrected chi connectivity index (χ1v) is 6.44. The van der Waals surface area contributed by atoms with Crippen molar-refractivity contribution in [2.75, 3.05) is 0 Å². The highest BCUT2D eigenvalue weighted by molar-refractivity contribution is 6.30. The van der Waals surface area contributed by atoms with Crippen LogP contribution in [0.2, 0.25) is 5.15 Å². The third-order valence-corrected chi connectivity index (χ3v) is 3.54. The fourth-order valence-corrected chi connectivity index (χ4v) is 2.37. The maximum Gasteiger partial charge on any atom is 0.154 e. The van der Waals surface area contributed by atoms with E-state index in [0.29, 0.717) is 11.0 Å². The molecular formula is C15H13ClN2O. The van der Waals surface area contributed by atoms with Gasteiger partial charge in [0.2, 0.25) is 0 Å². The van der Waals surface area contributed by atoms with Gasteiger partial charge < -0.3 is 4.42 Å². The summed E-state index contributed by atoms with van der Waals surface area (Å²) in [6, 6.07) is 8.07. The van der Waals surface area contributed by atoms with Gasteiger partial charge in [0.1, 0.15) is 22.3 Å². The maximum atomic E-state index is 6.11. The molecule has 2 aromatic heterocycles. The van der Waals surface area contributed by atoms with Crippen molar-refractivity contribution < 1.29 is 4.42 Å². The average molecular weight is 273 g/mol. The summed E-state index contributed by atoms with van der Waals surface area (Å²) in [5.41, 5.74) is 3.60. The van der Waals surface area contributed by atoms with Gasteiger partial charge in [-0.2, -0.15) is 0 Å². The largest absolute Gasteiger partial charge is 0.454 e. The molecule has 2 heterocycles. The number of fused-ring (bicyclic) bond motifs is 1. The van der Waals surface area contributed by atoms with E-state index in [4.69, 9.17) is 16.0 Å². The summed E-state index contributed by atoms with van der Waals surface area (Å²) in [4.78, 5) is 8.58. The number of hydrogen-bond acceptors (Lipinski definition) is 3. The molecule has 0 amide bonds. The highest BCUT2D eigenvalue weighted by atomic mass is 35.5. The number of nitrogens with zero attached hydrogens (tertiary/aromatic N) is 2. The molecule has 1 aromatic carbocycles. The predicted molar refractivity (Wildman–Crippen MR) is 76.5 cm³/mol. The van der Waals surface area contributed by atoms with Crippen LogP contribution in [0.15, 0.2) is 28.7 Å². The zero-order valence-corrected chi connectivity index (χ0v) is 11.7. The second-order valence-electron chi connectivity index (χ2n) is 4.64. The first kappa shape index (κ1) is 12.2. The van der Waals surface area contributed by atoms with E-state index in [1.165, 1.54) is 0 Å². The number of halogens is 1. The number of aryl methyl sites for hydroxylation is 2. The predicted octanol–water partition coefficient (Wildman–Crippen LogP) is 4.47. The quantitative estimate of drug-likeness (QED) is 0.614. The van der Waals surface area contributed by atoms with Gasteiger partial charge in [-0.1, -0.05) is 29.8 Å². The molecule has 19 heavy (non-hydrogen) atoms. The Morgan fingerprint density at radius 1 is 1.11 bits per heavy atom. The van der Waals surface area contributed by atoms with E-state index < -0.39 is 0 Å². The van der Waals surface area contributed by atoms with Gasteiger partial charge in [-0.15, -0.1) is 0 Å². The van der Waals surface area contributed by atoms with Crippen molar-refractivity contribution in [1.29, 1.82) is 0 Å². The number of furan rings is 1. The molecule has 0 N–H and O–H groups in total. The Morgan fingerprint density at radius 2 is 1.89 bits per heavy atom. The summed E-state index contributed by atoms with van der Waals surface area (Å²) in [5, 5.41) is 1.54. The molecule has 3 nitrogen and oxygen atoms in total. The van der Waals surface area contributed by atoms with Gasteiger partial charge in [0.05, 0.1) is 0 Å². The minimum atomic E-state index is 0.472. The van der Waals surface area contributed by atoms with Crippen molar-refractivity contribution in [2.45, 2.75) is 20.8 Å². The molecule has 0 spiro atoms. The molecule has 0 bridgehead atoms. The topological polar surface area (TPSA) is 38.9 Å². The van der Waals surface area contributed by atoms with Crippen LogP contribution in [0.3, 0.4) is 0 Å². The minimum Gasteiger partial charge on any atom is -0.454 e. The molecule has 4 heteroatoms. The summed E-state index contributed by atoms with van der Waals surface area (Å²) >= 11 is 6.11. The van der Waals surface area contributed by atoms with Crippen molar-refractivity contribution in [3.8, 4) is 11.5 Å². The second kappa shape index (κ2) is 4.35. The molecule has 3 rings (SSSR count). The molecule has 0 radical (unpaired) electrons. The minimum absolute atomic E-state index is 0.472. The first-order chi connectivity index (χ1) is 9.06. The molecule has 0 saturated heterocycles. The lowest BCUT2D eigenvalue weighted by atomic mass is 10.1. The lowest BCUT2D eigenvalue weighted by molar-refractivity contribution is 0.624. The molecule has 0 saturated carbocycles. The zero-order valence-electron chi connectivity index (χ0n) is 11.0. The van der Waals surface area contributed by atoms with Crippen LogP contribution in [0, 0.1) is 20.8 Å². The molecule has 0 unspecified atom stereocenters. The van der Waals surface area contributed by atoms with Crippen LogP contribution in [0.1, 0.15) is 17.0 Å². The first-order valence-electron chi connectivity index (χ1n) is 6.06. The van der Waals surface area contributed by atoms with Gasteiger partial charge in [-0.25, -0.2) is 9.97 Å². The molecule has 0 aliphatic heterocycles. The van der Waals surface area contributed by atoms with E-state index in [2.05, 4.69) is 9.97 Å². The number of para-hydroxylation sites is 1. The normalized spacial score (nSPS) is 11.2. The van der Waals surface area contributed by atoms with E-state index in [1.807, 2.05) is 45.0 Å². The van der Waals surface area contributed by atoms with Crippen LogP contribution >= 0.6 is 11.6 Å². The summed E-state index contributed by atoms with van der Waals surface area (Å²) < 4.78 is 5.93. The summed E-state index contributed by atoms with van der Waals surface area (Å²) in [6.45, 7) is 5.75. The Balaban J connectivity index is 2.28. The van der Waals surface area contributed by atoms with Gasteiger partial charge >= 0.3 is 0 Å². The molecule has 96 valence electrons. The van der Waals surface area contributed by atoms with Gasteiger partial charge in [0, 0.05) is 10.9 Å². The fourth-order valence-electron chi connectivity index (χ4n) is 2.16. The van der Waals surface area contributed by atoms with E-state index >= 15 is 0 Å². The Morgan fingerprint density at radius 3 is 2.63 bits per heavy atom. The number of aromatic nitrogens is 2. The van der Waals surface area contributed by atoms with Crippen molar-refractivity contribution in [2.24, 2.45) is 0 Å². The van der Waals surface area contributed by atoms with Gasteiger partial charge in [0.15, 0.2) is 5.76 Å². The van der Waals surface area contributed by atoms with E-state index in [0.717, 1.165) is 33.6 Å². The van der Waals surface area contributed by atoms with Gasteiger partial charge in [-0.3, -0.25) is 0 Å². The highest BCUT2D eigenvalue weighted by Gasteiger charge is 2.14. The van der Waals surface area contributed by atoms with Crippen molar-refractivity contribution in [3.05, 3.63) is 46.4 Å². The summed E-state index contributed by atoms with van der Waals surface area (Å²) in [5.74, 6) is 1.37. The number of hydrogen-bond donors (Lipinski definition) is 0. The molecule has 3 aromatic rings. The Kier molecular flexibility index (Phi) is 2.79. The SMILES string of the molecule is Cc1nc(Cl)c(C)c(-c2cc3cccc(C)c3o2)n1. The summed E-state index contributed by atoms with van der Waals surface area (Å²) in [6.07, 6.45) is 0. The Hall–Kier alpha value is -1.87. The lowest BCUT2D eigenvalue weighted by Gasteiger charge is -2.04. The van der Waals surface area contributed by atoms with Gasteiger partial charge in [0.25, 0.3) is 0 Å². The van der Waals surface area contributed by atoms with Crippen molar-refractivity contribution in [1.82, 2.24) is 9.97 Å². The molecule has 0 aliphatic carbocycles. The van der Waals surface area contributed by atoms with E-state index in [1.54, 1.807) is 0 Å². The second-order valence-corrected chi connectivity index (χ2v) is 5.00. The Labute approximate surface area is 116 Å². The van der Waals surface area contributed by atoms with Crippen molar-refractivity contribution >= 4 is 22.6 Å². The Bertz CT molecular complexity index is 777. The van der Waals surface area contributed by atoms with Crippen molar-refractivity contribution in [3.63, 3.8) is 0 Å². The average Bonchev–Trinajstić information content (AvgIpc) is 2.79. The molecular weight excluding hydrogens is 260 g/mol. The smallest absolute Gasteiger partial charge is 0.154 e. The van der Waals surface area contributed by atoms with Crippen LogP contribution in [0.4, 0.5) is 0 Å². The summed E-state index contributed by atoms with van der Waals surface area (Å²) in [7, 11) is 0. The third-order valence-electron chi connectivity index (χ3n) is 3.17. The van der Waals surface area contributed by atoms with Crippen LogP contribution in [-0.2, 0) is 0 Å². The highest BCUT2D eigenvalue weighted by Crippen LogP contribution is 2.31. The van der Waals surface area contributed by atoms with Gasteiger partial charge in [-0.05, 0) is 32.4 Å². The molecule has 0 atom stereocenters. The van der Waals surface area contributed by atoms with E-state index in [9.17, 15) is 0 Å². The van der Waals surface area contributed by atoms with E-state index in [-0.39, 0.29) is 0 Å². The molecule has 0 fully saturated rings. The third kappa shape index (κ3) is 2.00. The maximum absolute atomic E-state index is 6.11. The lowest BCUT2D eigenvalue weighted by Crippen LogP contribution is -1.95. The van der Waals surface area contributed by atoms with Crippen LogP contribution < -0.4 is 0 Å². The number of benzene rings is 1. The monoisotopic (exact) mass is 272 g/mol.